The highest BCUT2D eigenvalue weighted by atomic mass is 32.2. The highest BCUT2D eigenvalue weighted by Gasteiger charge is 2.46. The number of ether oxygens (including phenoxy) is 2. The van der Waals surface area contributed by atoms with Gasteiger partial charge in [-0.25, -0.2) is 0 Å². The molecule has 0 unspecified atom stereocenters. The van der Waals surface area contributed by atoms with E-state index in [1.807, 2.05) is 0 Å². The van der Waals surface area contributed by atoms with Gasteiger partial charge < -0.3 is 18.8 Å². The van der Waals surface area contributed by atoms with E-state index < -0.39 is 28.1 Å². The normalized spacial score (nSPS) is 31.3. The number of hydrogen-bond acceptors (Lipinski definition) is 6. The second-order valence-corrected chi connectivity index (χ2v) is 8.65. The van der Waals surface area contributed by atoms with E-state index in [0.717, 1.165) is 4.31 Å². The van der Waals surface area contributed by atoms with Gasteiger partial charge in [-0.1, -0.05) is 0 Å². The van der Waals surface area contributed by atoms with E-state index in [1.54, 1.807) is 17.0 Å². The van der Waals surface area contributed by atoms with Gasteiger partial charge in [0.05, 0.1) is 25.5 Å². The average Bonchev–Trinajstić information content (AvgIpc) is 3.30. The molecule has 144 valence electrons. The molecule has 0 saturated carbocycles. The van der Waals surface area contributed by atoms with Crippen LogP contribution >= 0.6 is 0 Å². The van der Waals surface area contributed by atoms with E-state index in [0.29, 0.717) is 51.3 Å². The van der Waals surface area contributed by atoms with Crippen LogP contribution < -0.4 is 4.72 Å². The summed E-state index contributed by atoms with van der Waals surface area (Å²) in [6, 6.07) is 2.08. The second kappa shape index (κ2) is 6.61. The molecule has 0 bridgehead atoms. The molecule has 3 fully saturated rings. The van der Waals surface area contributed by atoms with Crippen molar-refractivity contribution in [3.63, 3.8) is 0 Å². The third-order valence-corrected chi connectivity index (χ3v) is 6.99. The van der Waals surface area contributed by atoms with E-state index in [9.17, 15) is 13.2 Å². The van der Waals surface area contributed by atoms with Gasteiger partial charge in [0, 0.05) is 33.0 Å². The number of piperidine rings is 1. The Morgan fingerprint density at radius 2 is 1.96 bits per heavy atom. The number of amides is 1. The summed E-state index contributed by atoms with van der Waals surface area (Å²) >= 11 is 0. The topological polar surface area (TPSA) is 101 Å². The molecule has 1 N–H and O–H groups in total. The number of rotatable bonds is 2. The van der Waals surface area contributed by atoms with Crippen LogP contribution in [0.4, 0.5) is 0 Å². The van der Waals surface area contributed by atoms with Crippen LogP contribution in [0.3, 0.4) is 0 Å². The summed E-state index contributed by atoms with van der Waals surface area (Å²) in [4.78, 5) is 14.8. The van der Waals surface area contributed by atoms with Crippen LogP contribution in [0.2, 0.25) is 0 Å². The lowest BCUT2D eigenvalue weighted by Crippen LogP contribution is -2.59. The number of carbonyl (C=O) groups is 1. The minimum Gasteiger partial charge on any atom is -0.468 e. The SMILES string of the molecule is CN1[C@@H](C(=O)N2CCC3(CC2)OCCO3)C[C@@H](c2ccco2)NS1(=O)=O. The molecular formula is C16H23N3O6S. The van der Waals surface area contributed by atoms with Crippen molar-refractivity contribution in [2.75, 3.05) is 33.4 Å². The molecule has 3 aliphatic rings. The summed E-state index contributed by atoms with van der Waals surface area (Å²) in [7, 11) is -2.34. The van der Waals surface area contributed by atoms with Crippen molar-refractivity contribution >= 4 is 16.1 Å². The zero-order valence-corrected chi connectivity index (χ0v) is 15.4. The summed E-state index contributed by atoms with van der Waals surface area (Å²) in [5.74, 6) is -0.258. The minimum absolute atomic E-state index is 0.193. The zero-order chi connectivity index (χ0) is 18.4. The Kier molecular flexibility index (Phi) is 4.56. The Hall–Kier alpha value is -1.46. The maximum Gasteiger partial charge on any atom is 0.280 e. The van der Waals surface area contributed by atoms with Gasteiger partial charge >= 0.3 is 0 Å². The van der Waals surface area contributed by atoms with Crippen LogP contribution in [0.1, 0.15) is 31.1 Å². The van der Waals surface area contributed by atoms with Gasteiger partial charge in [-0.15, -0.1) is 0 Å². The lowest BCUT2D eigenvalue weighted by atomic mass is 10.00. The molecule has 1 aromatic heterocycles. The summed E-state index contributed by atoms with van der Waals surface area (Å²) < 4.78 is 45.3. The molecule has 2 atom stereocenters. The summed E-state index contributed by atoms with van der Waals surface area (Å²) in [5, 5.41) is 0. The predicted octanol–water partition coefficient (Wildman–Crippen LogP) is 0.225. The van der Waals surface area contributed by atoms with Gasteiger partial charge in [-0.05, 0) is 18.6 Å². The maximum atomic E-state index is 13.0. The average molecular weight is 385 g/mol. The van der Waals surface area contributed by atoms with Crippen LogP contribution in [0, 0.1) is 0 Å². The standard InChI is InChI=1S/C16H23N3O6S/c1-18-13(11-12(17-26(18,21)22)14-3-2-8-23-14)15(20)19-6-4-16(5-7-19)24-9-10-25-16/h2-3,8,12-13,17H,4-7,9-11H2,1H3/t12-,13+/m0/s1. The highest BCUT2D eigenvalue weighted by Crippen LogP contribution is 2.33. The third kappa shape index (κ3) is 3.16. The molecule has 26 heavy (non-hydrogen) atoms. The number of likely N-dealkylation sites (tertiary alicyclic amines) is 1. The molecule has 1 amide bonds. The number of hydrogen-bond donors (Lipinski definition) is 1. The second-order valence-electron chi connectivity index (χ2n) is 6.89. The molecule has 1 aromatic rings. The first-order valence-corrected chi connectivity index (χ1v) is 10.2. The Labute approximate surface area is 152 Å². The molecule has 1 spiro atoms. The van der Waals surface area contributed by atoms with Crippen molar-refractivity contribution in [2.45, 2.75) is 37.1 Å². The predicted molar refractivity (Wildman–Crippen MR) is 90.1 cm³/mol. The minimum atomic E-state index is -3.77. The highest BCUT2D eigenvalue weighted by molar-refractivity contribution is 7.87. The molecule has 4 rings (SSSR count). The van der Waals surface area contributed by atoms with Gasteiger partial charge in [-0.3, -0.25) is 4.79 Å². The number of likely N-dealkylation sites (N-methyl/N-ethyl adjacent to an activating group) is 1. The Bertz CT molecular complexity index is 749. The lowest BCUT2D eigenvalue weighted by molar-refractivity contribution is -0.188. The molecular weight excluding hydrogens is 362 g/mol. The van der Waals surface area contributed by atoms with Crippen molar-refractivity contribution in [2.24, 2.45) is 0 Å². The van der Waals surface area contributed by atoms with Crippen molar-refractivity contribution in [3.8, 4) is 0 Å². The molecule has 4 heterocycles. The van der Waals surface area contributed by atoms with Gasteiger partial charge in [-0.2, -0.15) is 17.4 Å². The van der Waals surface area contributed by atoms with Gasteiger partial charge in [0.1, 0.15) is 11.8 Å². The van der Waals surface area contributed by atoms with Crippen LogP contribution in [0.25, 0.3) is 0 Å². The molecule has 3 saturated heterocycles. The Balaban J connectivity index is 1.49. The molecule has 9 nitrogen and oxygen atoms in total. The first-order chi connectivity index (χ1) is 12.4. The van der Waals surface area contributed by atoms with Crippen LogP contribution in [-0.4, -0.2) is 68.7 Å². The number of nitrogens with one attached hydrogen (secondary N) is 1. The van der Waals surface area contributed by atoms with Gasteiger partial charge in [0.15, 0.2) is 5.79 Å². The van der Waals surface area contributed by atoms with E-state index in [-0.39, 0.29) is 5.91 Å². The van der Waals surface area contributed by atoms with Crippen LogP contribution in [0.5, 0.6) is 0 Å². The third-order valence-electron chi connectivity index (χ3n) is 5.39. The first kappa shape index (κ1) is 17.9. The summed E-state index contributed by atoms with van der Waals surface area (Å²) in [6.45, 7) is 2.13. The van der Waals surface area contributed by atoms with Crippen molar-refractivity contribution < 1.29 is 27.1 Å². The Morgan fingerprint density at radius 1 is 1.27 bits per heavy atom. The number of carbonyl (C=O) groups excluding carboxylic acids is 1. The van der Waals surface area contributed by atoms with E-state index in [1.165, 1.54) is 13.3 Å². The number of nitrogens with zero attached hydrogens (tertiary/aromatic N) is 2. The quantitative estimate of drug-likeness (QED) is 0.782. The van der Waals surface area contributed by atoms with E-state index in [4.69, 9.17) is 13.9 Å². The van der Waals surface area contributed by atoms with Crippen molar-refractivity contribution in [1.29, 1.82) is 0 Å². The van der Waals surface area contributed by atoms with Crippen molar-refractivity contribution in [3.05, 3.63) is 24.2 Å². The molecule has 3 aliphatic heterocycles. The fraction of sp³-hybridized carbons (Fsp3) is 0.688. The summed E-state index contributed by atoms with van der Waals surface area (Å²) in [5.41, 5.74) is 0. The van der Waals surface area contributed by atoms with Crippen LogP contribution in [0.15, 0.2) is 22.8 Å². The first-order valence-electron chi connectivity index (χ1n) is 8.76. The fourth-order valence-corrected chi connectivity index (χ4v) is 5.08. The Morgan fingerprint density at radius 3 is 2.58 bits per heavy atom. The lowest BCUT2D eigenvalue weighted by Gasteiger charge is -2.41. The van der Waals surface area contributed by atoms with E-state index in [2.05, 4.69) is 4.72 Å². The zero-order valence-electron chi connectivity index (χ0n) is 14.6. The molecule has 0 aliphatic carbocycles. The molecule has 0 aromatic carbocycles. The monoisotopic (exact) mass is 385 g/mol. The van der Waals surface area contributed by atoms with Gasteiger partial charge in [0.25, 0.3) is 10.2 Å². The fourth-order valence-electron chi connectivity index (χ4n) is 3.83. The smallest absolute Gasteiger partial charge is 0.280 e. The number of furan rings is 1. The van der Waals surface area contributed by atoms with Crippen LogP contribution in [-0.2, 0) is 24.5 Å². The molecule has 0 radical (unpaired) electrons. The van der Waals surface area contributed by atoms with E-state index >= 15 is 0 Å². The van der Waals surface area contributed by atoms with Crippen molar-refractivity contribution in [1.82, 2.24) is 13.9 Å². The summed E-state index contributed by atoms with van der Waals surface area (Å²) in [6.07, 6.45) is 3.00. The largest absolute Gasteiger partial charge is 0.468 e. The van der Waals surface area contributed by atoms with Gasteiger partial charge in [0.2, 0.25) is 5.91 Å². The maximum absolute atomic E-state index is 13.0. The molecule has 10 heteroatoms.